The Kier molecular flexibility index (Phi) is 4.73. The molecule has 138 valence electrons. The Hall–Kier alpha value is -2.99. The second-order valence-electron chi connectivity index (χ2n) is 6.00. The van der Waals surface area contributed by atoms with Crippen molar-refractivity contribution in [1.29, 1.82) is 0 Å². The number of carbonyl (C=O) groups excluding carboxylic acids is 1. The van der Waals surface area contributed by atoms with Crippen LogP contribution in [0.25, 0.3) is 11.0 Å². The molecule has 27 heavy (non-hydrogen) atoms. The molecule has 0 amide bonds. The zero-order valence-electron chi connectivity index (χ0n) is 14.2. The van der Waals surface area contributed by atoms with E-state index in [1.807, 2.05) is 0 Å². The summed E-state index contributed by atoms with van der Waals surface area (Å²) < 4.78 is 21.9. The smallest absolute Gasteiger partial charge is 0.374 e. The summed E-state index contributed by atoms with van der Waals surface area (Å²) in [6, 6.07) is 11.2. The van der Waals surface area contributed by atoms with E-state index in [0.29, 0.717) is 46.3 Å². The van der Waals surface area contributed by atoms with Crippen LogP contribution in [0.3, 0.4) is 0 Å². The van der Waals surface area contributed by atoms with Crippen LogP contribution in [0.2, 0.25) is 5.02 Å². The fourth-order valence-corrected chi connectivity index (χ4v) is 3.08. The summed E-state index contributed by atoms with van der Waals surface area (Å²) in [5.41, 5.74) is 0.665. The Balaban J connectivity index is 1.54. The fraction of sp³-hybridized carbons (Fsp3) is 0.200. The van der Waals surface area contributed by atoms with Crippen LogP contribution < -0.4 is 14.9 Å². The van der Waals surface area contributed by atoms with Gasteiger partial charge >= 0.3 is 5.97 Å². The number of fused-ring (bicyclic) bond motifs is 2. The largest absolute Gasteiger partial charge is 0.489 e. The highest BCUT2D eigenvalue weighted by Crippen LogP contribution is 2.38. The lowest BCUT2D eigenvalue weighted by Gasteiger charge is -2.12. The zero-order chi connectivity index (χ0) is 18.8. The monoisotopic (exact) mass is 386 g/mol. The van der Waals surface area contributed by atoms with E-state index in [0.717, 1.165) is 12.5 Å². The summed E-state index contributed by atoms with van der Waals surface area (Å²) in [7, 11) is 0. The molecule has 7 heteroatoms. The third-order valence-electron chi connectivity index (χ3n) is 4.07. The van der Waals surface area contributed by atoms with Crippen molar-refractivity contribution in [2.24, 2.45) is 0 Å². The van der Waals surface area contributed by atoms with Gasteiger partial charge in [0.2, 0.25) is 5.76 Å². The van der Waals surface area contributed by atoms with Crippen LogP contribution in [-0.4, -0.2) is 19.2 Å². The normalized spacial score (nSPS) is 13.2. The molecule has 1 aliphatic rings. The molecule has 2 heterocycles. The summed E-state index contributed by atoms with van der Waals surface area (Å²) in [6.45, 7) is 1.00. The van der Waals surface area contributed by atoms with Gasteiger partial charge in [0.25, 0.3) is 0 Å². The Labute approximate surface area is 159 Å². The third kappa shape index (κ3) is 3.61. The van der Waals surface area contributed by atoms with E-state index in [1.54, 1.807) is 36.4 Å². The minimum Gasteiger partial charge on any atom is -0.489 e. The van der Waals surface area contributed by atoms with Gasteiger partial charge in [-0.05, 0) is 29.8 Å². The summed E-state index contributed by atoms with van der Waals surface area (Å²) in [5.74, 6) is 0.119. The SMILES string of the molecule is O=C(OCc1cc(Cl)c2c(c1)OCCCO2)c1cc(=O)c2ccccc2o1. The van der Waals surface area contributed by atoms with Gasteiger partial charge in [-0.15, -0.1) is 0 Å². The molecule has 4 rings (SSSR count). The molecule has 0 unspecified atom stereocenters. The number of ether oxygens (including phenoxy) is 3. The molecular formula is C20H15ClO6. The van der Waals surface area contributed by atoms with Gasteiger partial charge in [0.1, 0.15) is 12.2 Å². The van der Waals surface area contributed by atoms with Crippen molar-refractivity contribution in [3.05, 3.63) is 69.0 Å². The first kappa shape index (κ1) is 17.4. The van der Waals surface area contributed by atoms with Crippen LogP contribution in [0.5, 0.6) is 11.5 Å². The summed E-state index contributed by atoms with van der Waals surface area (Å²) >= 11 is 6.23. The van der Waals surface area contributed by atoms with Gasteiger partial charge in [-0.2, -0.15) is 0 Å². The van der Waals surface area contributed by atoms with Crippen LogP contribution in [0.4, 0.5) is 0 Å². The number of esters is 1. The molecule has 0 saturated heterocycles. The quantitative estimate of drug-likeness (QED) is 0.634. The molecule has 0 aliphatic carbocycles. The topological polar surface area (TPSA) is 75.0 Å². The van der Waals surface area contributed by atoms with Crippen LogP contribution in [0.1, 0.15) is 22.5 Å². The van der Waals surface area contributed by atoms with Crippen molar-refractivity contribution in [3.63, 3.8) is 0 Å². The van der Waals surface area contributed by atoms with Crippen LogP contribution in [0, 0.1) is 0 Å². The van der Waals surface area contributed by atoms with Gasteiger partial charge in [-0.1, -0.05) is 23.7 Å². The first-order valence-electron chi connectivity index (χ1n) is 8.40. The Morgan fingerprint density at radius 3 is 2.81 bits per heavy atom. The van der Waals surface area contributed by atoms with Gasteiger partial charge < -0.3 is 18.6 Å². The van der Waals surface area contributed by atoms with Crippen molar-refractivity contribution in [2.75, 3.05) is 13.2 Å². The van der Waals surface area contributed by atoms with Crippen molar-refractivity contribution < 1.29 is 23.4 Å². The fourth-order valence-electron chi connectivity index (χ4n) is 2.79. The van der Waals surface area contributed by atoms with Crippen molar-refractivity contribution in [2.45, 2.75) is 13.0 Å². The molecule has 0 fully saturated rings. The second kappa shape index (κ2) is 7.32. The molecule has 0 N–H and O–H groups in total. The molecule has 0 bridgehead atoms. The highest BCUT2D eigenvalue weighted by molar-refractivity contribution is 6.32. The highest BCUT2D eigenvalue weighted by Gasteiger charge is 2.18. The number of hydrogen-bond acceptors (Lipinski definition) is 6. The number of benzene rings is 2. The number of halogens is 1. The van der Waals surface area contributed by atoms with E-state index < -0.39 is 5.97 Å². The average Bonchev–Trinajstić information content (AvgIpc) is 2.92. The van der Waals surface area contributed by atoms with E-state index in [-0.39, 0.29) is 17.8 Å². The molecule has 2 aromatic carbocycles. The van der Waals surface area contributed by atoms with Crippen molar-refractivity contribution in [1.82, 2.24) is 0 Å². The van der Waals surface area contributed by atoms with E-state index in [9.17, 15) is 9.59 Å². The maximum absolute atomic E-state index is 12.3. The maximum atomic E-state index is 12.3. The van der Waals surface area contributed by atoms with E-state index >= 15 is 0 Å². The lowest BCUT2D eigenvalue weighted by atomic mass is 10.2. The second-order valence-corrected chi connectivity index (χ2v) is 6.41. The zero-order valence-corrected chi connectivity index (χ0v) is 15.0. The average molecular weight is 387 g/mol. The molecule has 0 radical (unpaired) electrons. The minimum absolute atomic E-state index is 0.0499. The predicted molar refractivity (Wildman–Crippen MR) is 98.7 cm³/mol. The molecule has 6 nitrogen and oxygen atoms in total. The molecule has 1 aliphatic heterocycles. The van der Waals surface area contributed by atoms with Gasteiger partial charge in [0, 0.05) is 12.5 Å². The van der Waals surface area contributed by atoms with Gasteiger partial charge in [0.15, 0.2) is 16.9 Å². The number of rotatable bonds is 3. The Bertz CT molecular complexity index is 1070. The van der Waals surface area contributed by atoms with Crippen molar-refractivity contribution >= 4 is 28.5 Å². The predicted octanol–water partition coefficient (Wildman–Crippen LogP) is 3.96. The van der Waals surface area contributed by atoms with Crippen LogP contribution in [-0.2, 0) is 11.3 Å². The minimum atomic E-state index is -0.735. The summed E-state index contributed by atoms with van der Waals surface area (Å²) in [6.07, 6.45) is 0.760. The van der Waals surface area contributed by atoms with Crippen LogP contribution in [0.15, 0.2) is 51.7 Å². The van der Waals surface area contributed by atoms with Gasteiger partial charge in [-0.3, -0.25) is 4.79 Å². The van der Waals surface area contributed by atoms with Gasteiger partial charge in [-0.25, -0.2) is 4.79 Å². The van der Waals surface area contributed by atoms with E-state index in [2.05, 4.69) is 0 Å². The van der Waals surface area contributed by atoms with Crippen molar-refractivity contribution in [3.8, 4) is 11.5 Å². The third-order valence-corrected chi connectivity index (χ3v) is 4.35. The highest BCUT2D eigenvalue weighted by atomic mass is 35.5. The summed E-state index contributed by atoms with van der Waals surface area (Å²) in [5, 5.41) is 0.793. The molecule has 0 atom stereocenters. The lowest BCUT2D eigenvalue weighted by molar-refractivity contribution is 0.0436. The standard InChI is InChI=1S/C20H15ClO6/c21-14-8-12(9-17-19(14)25-7-3-6-24-17)11-26-20(23)18-10-15(22)13-4-1-2-5-16(13)27-18/h1-2,4-5,8-10H,3,6-7,11H2. The Morgan fingerprint density at radius 1 is 1.11 bits per heavy atom. The first-order valence-corrected chi connectivity index (χ1v) is 8.77. The van der Waals surface area contributed by atoms with E-state index in [1.165, 1.54) is 0 Å². The van der Waals surface area contributed by atoms with E-state index in [4.69, 9.17) is 30.2 Å². The number of carbonyl (C=O) groups is 1. The number of para-hydroxylation sites is 1. The Morgan fingerprint density at radius 2 is 1.93 bits per heavy atom. The number of hydrogen-bond donors (Lipinski definition) is 0. The van der Waals surface area contributed by atoms with Crippen LogP contribution >= 0.6 is 11.6 Å². The maximum Gasteiger partial charge on any atom is 0.374 e. The molecule has 3 aromatic rings. The molecule has 1 aromatic heterocycles. The first-order chi connectivity index (χ1) is 13.1. The molecule has 0 saturated carbocycles. The lowest BCUT2D eigenvalue weighted by Crippen LogP contribution is -2.10. The molecular weight excluding hydrogens is 372 g/mol. The summed E-state index contributed by atoms with van der Waals surface area (Å²) in [4.78, 5) is 24.4. The molecule has 0 spiro atoms. The van der Waals surface area contributed by atoms with Gasteiger partial charge in [0.05, 0.1) is 23.6 Å².